The van der Waals surface area contributed by atoms with Crippen LogP contribution in [0, 0.1) is 5.92 Å². The Morgan fingerprint density at radius 2 is 1.94 bits per heavy atom. The zero-order valence-corrected chi connectivity index (χ0v) is 9.89. The minimum absolute atomic E-state index is 0.189. The van der Waals surface area contributed by atoms with Crippen molar-refractivity contribution in [1.29, 1.82) is 0 Å². The fourth-order valence-corrected chi connectivity index (χ4v) is 1.41. The maximum Gasteiger partial charge on any atom is 0.573 e. The van der Waals surface area contributed by atoms with E-state index in [1.165, 1.54) is 12.1 Å². The van der Waals surface area contributed by atoms with Gasteiger partial charge in [0.15, 0.2) is 5.78 Å². The lowest BCUT2D eigenvalue weighted by molar-refractivity contribution is -0.274. The van der Waals surface area contributed by atoms with Gasteiger partial charge in [0.2, 0.25) is 0 Å². The first kappa shape index (κ1) is 13.8. The van der Waals surface area contributed by atoms with E-state index in [1.54, 1.807) is 13.8 Å². The van der Waals surface area contributed by atoms with E-state index in [9.17, 15) is 18.0 Å². The van der Waals surface area contributed by atoms with Crippen molar-refractivity contribution in [2.75, 3.05) is 0 Å². The van der Waals surface area contributed by atoms with Crippen molar-refractivity contribution in [2.24, 2.45) is 5.92 Å². The first-order valence-electron chi connectivity index (χ1n) is 4.80. The third-order valence-corrected chi connectivity index (χ3v) is 2.26. The Bertz CT molecular complexity index is 427. The van der Waals surface area contributed by atoms with Crippen molar-refractivity contribution in [3.8, 4) is 5.75 Å². The zero-order valence-electron chi connectivity index (χ0n) is 9.14. The third-order valence-electron chi connectivity index (χ3n) is 1.97. The van der Waals surface area contributed by atoms with Crippen molar-refractivity contribution in [1.82, 2.24) is 0 Å². The molecule has 0 aliphatic heterocycles. The number of alkyl halides is 3. The molecule has 0 radical (unpaired) electrons. The molecule has 0 saturated heterocycles. The van der Waals surface area contributed by atoms with Crippen LogP contribution in [0.15, 0.2) is 18.2 Å². The van der Waals surface area contributed by atoms with E-state index in [2.05, 4.69) is 4.74 Å². The lowest BCUT2D eigenvalue weighted by atomic mass is 10.0. The topological polar surface area (TPSA) is 26.3 Å². The van der Waals surface area contributed by atoms with Gasteiger partial charge in [0.1, 0.15) is 5.75 Å². The molecule has 0 aliphatic rings. The van der Waals surface area contributed by atoms with E-state index in [-0.39, 0.29) is 22.3 Å². The lowest BCUT2D eigenvalue weighted by Crippen LogP contribution is -2.17. The number of ketones is 1. The van der Waals surface area contributed by atoms with Crippen LogP contribution in [0.4, 0.5) is 13.2 Å². The van der Waals surface area contributed by atoms with Gasteiger partial charge in [0, 0.05) is 11.5 Å². The van der Waals surface area contributed by atoms with Gasteiger partial charge < -0.3 is 4.74 Å². The standard InChI is InChI=1S/C11H10ClF3O2/c1-6(2)10(16)7-3-4-9(8(12)5-7)17-11(13,14)15/h3-6H,1-2H3. The van der Waals surface area contributed by atoms with Gasteiger partial charge in [-0.1, -0.05) is 25.4 Å². The van der Waals surface area contributed by atoms with Crippen LogP contribution in [0.5, 0.6) is 5.75 Å². The Kier molecular flexibility index (Phi) is 4.03. The molecule has 1 aromatic carbocycles. The average molecular weight is 267 g/mol. The largest absolute Gasteiger partial charge is 0.573 e. The molecule has 0 bridgehead atoms. The first-order valence-corrected chi connectivity index (χ1v) is 5.18. The van der Waals surface area contributed by atoms with Crippen molar-refractivity contribution in [2.45, 2.75) is 20.2 Å². The number of benzene rings is 1. The van der Waals surface area contributed by atoms with Crippen molar-refractivity contribution >= 4 is 17.4 Å². The highest BCUT2D eigenvalue weighted by Gasteiger charge is 2.32. The maximum atomic E-state index is 12.0. The van der Waals surface area contributed by atoms with Crippen LogP contribution in [-0.4, -0.2) is 12.1 Å². The summed E-state index contributed by atoms with van der Waals surface area (Å²) in [5.74, 6) is -0.953. The number of Topliss-reactive ketones (excluding diaryl/α,β-unsaturated/α-hetero) is 1. The highest BCUT2D eigenvalue weighted by atomic mass is 35.5. The maximum absolute atomic E-state index is 12.0. The highest BCUT2D eigenvalue weighted by molar-refractivity contribution is 6.32. The fraction of sp³-hybridized carbons (Fsp3) is 0.364. The van der Waals surface area contributed by atoms with Gasteiger partial charge in [0.05, 0.1) is 5.02 Å². The normalized spacial score (nSPS) is 11.7. The van der Waals surface area contributed by atoms with Crippen LogP contribution >= 0.6 is 11.6 Å². The number of ether oxygens (including phenoxy) is 1. The Morgan fingerprint density at radius 1 is 1.35 bits per heavy atom. The molecule has 0 saturated carbocycles. The summed E-state index contributed by atoms with van der Waals surface area (Å²) in [6, 6.07) is 3.46. The molecule has 0 fully saturated rings. The minimum atomic E-state index is -4.80. The zero-order chi connectivity index (χ0) is 13.2. The fourth-order valence-electron chi connectivity index (χ4n) is 1.19. The summed E-state index contributed by atoms with van der Waals surface area (Å²) in [6.07, 6.45) is -4.80. The summed E-state index contributed by atoms with van der Waals surface area (Å²) in [7, 11) is 0. The Labute approximate surface area is 101 Å². The van der Waals surface area contributed by atoms with Gasteiger partial charge in [-0.15, -0.1) is 13.2 Å². The molecule has 0 atom stereocenters. The van der Waals surface area contributed by atoms with Gasteiger partial charge in [-0.05, 0) is 18.2 Å². The summed E-state index contributed by atoms with van der Waals surface area (Å²) in [5, 5.41) is -0.242. The minimum Gasteiger partial charge on any atom is -0.404 e. The molecule has 0 spiro atoms. The van der Waals surface area contributed by atoms with Crippen LogP contribution in [0.2, 0.25) is 5.02 Å². The molecule has 0 heterocycles. The monoisotopic (exact) mass is 266 g/mol. The number of rotatable bonds is 3. The van der Waals surface area contributed by atoms with Crippen LogP contribution in [0.1, 0.15) is 24.2 Å². The molecular formula is C11H10ClF3O2. The molecule has 2 nitrogen and oxygen atoms in total. The van der Waals surface area contributed by atoms with Gasteiger partial charge in [0.25, 0.3) is 0 Å². The molecule has 0 aliphatic carbocycles. The molecule has 0 amide bonds. The lowest BCUT2D eigenvalue weighted by Gasteiger charge is -2.11. The van der Waals surface area contributed by atoms with Gasteiger partial charge in [-0.2, -0.15) is 0 Å². The van der Waals surface area contributed by atoms with Crippen LogP contribution in [0.25, 0.3) is 0 Å². The molecular weight excluding hydrogens is 257 g/mol. The van der Waals surface area contributed by atoms with Crippen molar-refractivity contribution < 1.29 is 22.7 Å². The number of halogens is 4. The second kappa shape index (κ2) is 4.96. The summed E-state index contributed by atoms with van der Waals surface area (Å²) in [5.41, 5.74) is 0.263. The number of carbonyl (C=O) groups excluding carboxylic acids is 1. The Balaban J connectivity index is 2.98. The molecule has 6 heteroatoms. The molecule has 94 valence electrons. The molecule has 0 aromatic heterocycles. The summed E-state index contributed by atoms with van der Waals surface area (Å²) < 4.78 is 39.6. The predicted octanol–water partition coefficient (Wildman–Crippen LogP) is 4.08. The third kappa shape index (κ3) is 3.93. The Morgan fingerprint density at radius 3 is 2.35 bits per heavy atom. The summed E-state index contributed by atoms with van der Waals surface area (Å²) in [6.45, 7) is 3.38. The van der Waals surface area contributed by atoms with Gasteiger partial charge in [-0.3, -0.25) is 4.79 Å². The molecule has 1 aromatic rings. The Hall–Kier alpha value is -1.23. The van der Waals surface area contributed by atoms with Gasteiger partial charge >= 0.3 is 6.36 Å². The SMILES string of the molecule is CC(C)C(=O)c1ccc(OC(F)(F)F)c(Cl)c1. The van der Waals surface area contributed by atoms with Crippen molar-refractivity contribution in [3.05, 3.63) is 28.8 Å². The van der Waals surface area contributed by atoms with E-state index in [0.29, 0.717) is 0 Å². The van der Waals surface area contributed by atoms with Crippen molar-refractivity contribution in [3.63, 3.8) is 0 Å². The summed E-state index contributed by atoms with van der Waals surface area (Å²) >= 11 is 5.61. The van der Waals surface area contributed by atoms with E-state index >= 15 is 0 Å². The highest BCUT2D eigenvalue weighted by Crippen LogP contribution is 2.31. The van der Waals surface area contributed by atoms with Crippen LogP contribution in [0.3, 0.4) is 0 Å². The van der Waals surface area contributed by atoms with E-state index in [4.69, 9.17) is 11.6 Å². The molecule has 0 N–H and O–H groups in total. The smallest absolute Gasteiger partial charge is 0.404 e. The predicted molar refractivity (Wildman–Crippen MR) is 57.3 cm³/mol. The number of hydrogen-bond donors (Lipinski definition) is 0. The molecule has 17 heavy (non-hydrogen) atoms. The quantitative estimate of drug-likeness (QED) is 0.771. The van der Waals surface area contributed by atoms with Crippen LogP contribution in [-0.2, 0) is 0 Å². The van der Waals surface area contributed by atoms with E-state index in [1.807, 2.05) is 0 Å². The molecule has 0 unspecified atom stereocenters. The van der Waals surface area contributed by atoms with E-state index < -0.39 is 12.1 Å². The second-order valence-electron chi connectivity index (χ2n) is 3.71. The second-order valence-corrected chi connectivity index (χ2v) is 4.12. The van der Waals surface area contributed by atoms with Gasteiger partial charge in [-0.25, -0.2) is 0 Å². The number of carbonyl (C=O) groups is 1. The first-order chi connectivity index (χ1) is 7.70. The average Bonchev–Trinajstić information content (AvgIpc) is 2.18. The molecule has 1 rings (SSSR count). The van der Waals surface area contributed by atoms with E-state index in [0.717, 1.165) is 6.07 Å². The van der Waals surface area contributed by atoms with Crippen LogP contribution < -0.4 is 4.74 Å². The number of hydrogen-bond acceptors (Lipinski definition) is 2. The summed E-state index contributed by atoms with van der Waals surface area (Å²) in [4.78, 5) is 11.6.